The number of carbonyl (C=O) groups is 2. The second kappa shape index (κ2) is 6.59. The van der Waals surface area contributed by atoms with E-state index >= 15 is 0 Å². The maximum Gasteiger partial charge on any atom is 0.364 e. The van der Waals surface area contributed by atoms with Crippen molar-refractivity contribution in [3.8, 4) is 0 Å². The summed E-state index contributed by atoms with van der Waals surface area (Å²) in [6.07, 6.45) is 1.83. The van der Waals surface area contributed by atoms with Crippen LogP contribution in [0, 0.1) is 0 Å². The van der Waals surface area contributed by atoms with Crippen LogP contribution in [0.3, 0.4) is 0 Å². The Morgan fingerprint density at radius 2 is 1.76 bits per heavy atom. The monoisotopic (exact) mass is 245 g/mol. The van der Waals surface area contributed by atoms with Crippen LogP contribution in [0.2, 0.25) is 0 Å². The summed E-state index contributed by atoms with van der Waals surface area (Å²) in [6, 6.07) is -0.952. The molecule has 0 rings (SSSR count). The number of carboxylic acid groups (broad SMARTS) is 1. The van der Waals surface area contributed by atoms with Crippen LogP contribution in [0.15, 0.2) is 0 Å². The Balaban J connectivity index is 4.81. The van der Waals surface area contributed by atoms with Crippen LogP contribution >= 0.6 is 0 Å². The van der Waals surface area contributed by atoms with Crippen molar-refractivity contribution in [2.45, 2.75) is 45.2 Å². The molecule has 0 spiro atoms. The SMILES string of the molecule is CCCC(=O)NC(CC)C(C(=O)O)[N+](C)(C)C. The van der Waals surface area contributed by atoms with Gasteiger partial charge in [0.2, 0.25) is 11.9 Å². The molecule has 0 aliphatic carbocycles. The van der Waals surface area contributed by atoms with Gasteiger partial charge in [-0.1, -0.05) is 13.8 Å². The van der Waals surface area contributed by atoms with E-state index in [1.54, 1.807) is 0 Å². The number of amides is 1. The van der Waals surface area contributed by atoms with Gasteiger partial charge in [0.05, 0.1) is 27.2 Å². The number of carboxylic acids is 1. The molecule has 0 saturated heterocycles. The standard InChI is InChI=1S/C12H24N2O3/c1-6-8-10(15)13-9(7-2)11(12(16)17)14(3,4)5/h9,11H,6-8H2,1-5H3,(H-,13,15,16,17)/p+1. The summed E-state index contributed by atoms with van der Waals surface area (Å²) in [5.74, 6) is -0.944. The van der Waals surface area contributed by atoms with E-state index < -0.39 is 12.0 Å². The van der Waals surface area contributed by atoms with Crippen LogP contribution in [0.5, 0.6) is 0 Å². The molecule has 2 atom stereocenters. The summed E-state index contributed by atoms with van der Waals surface area (Å²) in [5, 5.41) is 12.1. The quantitative estimate of drug-likeness (QED) is 0.653. The molecule has 2 N–H and O–H groups in total. The van der Waals surface area contributed by atoms with Gasteiger partial charge >= 0.3 is 5.97 Å². The summed E-state index contributed by atoms with van der Waals surface area (Å²) >= 11 is 0. The molecular formula is C12H25N2O3+. The number of likely N-dealkylation sites (N-methyl/N-ethyl adjacent to an activating group) is 1. The highest BCUT2D eigenvalue weighted by Crippen LogP contribution is 2.12. The summed E-state index contributed by atoms with van der Waals surface area (Å²) in [4.78, 5) is 22.9. The zero-order valence-corrected chi connectivity index (χ0v) is 11.5. The molecule has 0 saturated carbocycles. The molecule has 0 fully saturated rings. The van der Waals surface area contributed by atoms with Gasteiger partial charge in [0.25, 0.3) is 0 Å². The van der Waals surface area contributed by atoms with Gasteiger partial charge in [-0.15, -0.1) is 0 Å². The fraction of sp³-hybridized carbons (Fsp3) is 0.833. The van der Waals surface area contributed by atoms with Crippen molar-refractivity contribution in [2.24, 2.45) is 0 Å². The molecule has 0 heterocycles. The lowest BCUT2D eigenvalue weighted by atomic mass is 10.0. The zero-order valence-electron chi connectivity index (χ0n) is 11.5. The van der Waals surface area contributed by atoms with Crippen molar-refractivity contribution in [3.63, 3.8) is 0 Å². The number of quaternary nitrogens is 1. The van der Waals surface area contributed by atoms with E-state index in [1.165, 1.54) is 0 Å². The molecule has 1 amide bonds. The molecular weight excluding hydrogens is 220 g/mol. The Morgan fingerprint density at radius 1 is 1.24 bits per heavy atom. The molecule has 0 aromatic heterocycles. The highest BCUT2D eigenvalue weighted by Gasteiger charge is 2.38. The summed E-state index contributed by atoms with van der Waals surface area (Å²) < 4.78 is 0.292. The molecule has 0 aliphatic heterocycles. The van der Waals surface area contributed by atoms with Crippen LogP contribution in [0.25, 0.3) is 0 Å². The van der Waals surface area contributed by atoms with Crippen LogP contribution in [0.4, 0.5) is 0 Å². The first-order valence-electron chi connectivity index (χ1n) is 6.07. The molecule has 100 valence electrons. The predicted octanol–water partition coefficient (Wildman–Crippen LogP) is 0.841. The first-order valence-corrected chi connectivity index (χ1v) is 6.07. The van der Waals surface area contributed by atoms with Gasteiger partial charge in [0.1, 0.15) is 0 Å². The Morgan fingerprint density at radius 3 is 2.06 bits per heavy atom. The first-order chi connectivity index (χ1) is 7.73. The lowest BCUT2D eigenvalue weighted by molar-refractivity contribution is -0.888. The minimum atomic E-state index is -0.874. The largest absolute Gasteiger partial charge is 0.477 e. The molecule has 2 unspecified atom stereocenters. The lowest BCUT2D eigenvalue weighted by Crippen LogP contribution is -2.60. The van der Waals surface area contributed by atoms with Crippen molar-refractivity contribution < 1.29 is 19.2 Å². The topological polar surface area (TPSA) is 66.4 Å². The van der Waals surface area contributed by atoms with Gasteiger partial charge < -0.3 is 14.9 Å². The molecule has 5 nitrogen and oxygen atoms in total. The molecule has 17 heavy (non-hydrogen) atoms. The molecule has 5 heteroatoms. The number of rotatable bonds is 7. The Hall–Kier alpha value is -1.10. The van der Waals surface area contributed by atoms with Crippen LogP contribution < -0.4 is 5.32 Å². The minimum Gasteiger partial charge on any atom is -0.477 e. The van der Waals surface area contributed by atoms with Crippen LogP contribution in [0.1, 0.15) is 33.1 Å². The van der Waals surface area contributed by atoms with E-state index in [0.717, 1.165) is 6.42 Å². The third-order valence-corrected chi connectivity index (χ3v) is 2.73. The van der Waals surface area contributed by atoms with Gasteiger partial charge in [-0.3, -0.25) is 4.79 Å². The number of aliphatic carboxylic acids is 1. The normalized spacial score (nSPS) is 15.1. The minimum absolute atomic E-state index is 0.0703. The molecule has 0 radical (unpaired) electrons. The fourth-order valence-corrected chi connectivity index (χ4v) is 1.95. The summed E-state index contributed by atoms with van der Waals surface area (Å²) in [5.41, 5.74) is 0. The first kappa shape index (κ1) is 15.9. The zero-order chi connectivity index (χ0) is 13.6. The number of carbonyl (C=O) groups excluding carboxylic acids is 1. The van der Waals surface area contributed by atoms with Crippen molar-refractivity contribution >= 4 is 11.9 Å². The van der Waals surface area contributed by atoms with Gasteiger partial charge in [-0.2, -0.15) is 0 Å². The van der Waals surface area contributed by atoms with Gasteiger partial charge in [-0.25, -0.2) is 4.79 Å². The van der Waals surface area contributed by atoms with Gasteiger partial charge in [0.15, 0.2) is 0 Å². The van der Waals surface area contributed by atoms with E-state index in [1.807, 2.05) is 35.0 Å². The molecule has 0 aliphatic rings. The lowest BCUT2D eigenvalue weighted by Gasteiger charge is -2.36. The van der Waals surface area contributed by atoms with Crippen molar-refractivity contribution in [2.75, 3.05) is 21.1 Å². The smallest absolute Gasteiger partial charge is 0.364 e. The highest BCUT2D eigenvalue weighted by atomic mass is 16.4. The molecule has 0 aromatic carbocycles. The van der Waals surface area contributed by atoms with E-state index in [4.69, 9.17) is 0 Å². The predicted molar refractivity (Wildman–Crippen MR) is 66.6 cm³/mol. The fourth-order valence-electron chi connectivity index (χ4n) is 1.95. The van der Waals surface area contributed by atoms with E-state index in [9.17, 15) is 14.7 Å². The highest BCUT2D eigenvalue weighted by molar-refractivity contribution is 5.78. The van der Waals surface area contributed by atoms with Gasteiger partial charge in [0, 0.05) is 6.42 Å². The van der Waals surface area contributed by atoms with E-state index in [0.29, 0.717) is 17.3 Å². The molecule has 0 aromatic rings. The summed E-state index contributed by atoms with van der Waals surface area (Å²) in [7, 11) is 5.48. The van der Waals surface area contributed by atoms with E-state index in [-0.39, 0.29) is 11.9 Å². The average Bonchev–Trinajstić information content (AvgIpc) is 2.14. The average molecular weight is 245 g/mol. The van der Waals surface area contributed by atoms with Crippen molar-refractivity contribution in [1.29, 1.82) is 0 Å². The van der Waals surface area contributed by atoms with Crippen molar-refractivity contribution in [1.82, 2.24) is 5.32 Å². The maximum atomic E-state index is 11.6. The Kier molecular flexibility index (Phi) is 6.16. The number of nitrogens with zero attached hydrogens (tertiary/aromatic N) is 1. The maximum absolute atomic E-state index is 11.6. The Bertz CT molecular complexity index is 271. The van der Waals surface area contributed by atoms with Crippen molar-refractivity contribution in [3.05, 3.63) is 0 Å². The van der Waals surface area contributed by atoms with Crippen LogP contribution in [-0.2, 0) is 9.59 Å². The third kappa shape index (κ3) is 5.17. The third-order valence-electron chi connectivity index (χ3n) is 2.73. The van der Waals surface area contributed by atoms with Crippen LogP contribution in [-0.4, -0.2) is 54.7 Å². The van der Waals surface area contributed by atoms with E-state index in [2.05, 4.69) is 5.32 Å². The number of hydrogen-bond acceptors (Lipinski definition) is 2. The molecule has 0 bridgehead atoms. The Labute approximate surface area is 103 Å². The second-order valence-electron chi connectivity index (χ2n) is 5.23. The number of hydrogen-bond donors (Lipinski definition) is 2. The summed E-state index contributed by atoms with van der Waals surface area (Å²) in [6.45, 7) is 3.82. The number of nitrogens with one attached hydrogen (secondary N) is 1. The van der Waals surface area contributed by atoms with Gasteiger partial charge in [-0.05, 0) is 12.8 Å². The second-order valence-corrected chi connectivity index (χ2v) is 5.23.